The molecule has 2 rings (SSSR count). The molecule has 0 saturated heterocycles. The number of nitrogens with zero attached hydrogens (tertiary/aromatic N) is 2. The summed E-state index contributed by atoms with van der Waals surface area (Å²) in [4.78, 5) is 9.43. The largest absolute Gasteiger partial charge is 0.370 e. The first-order chi connectivity index (χ1) is 10.0. The van der Waals surface area contributed by atoms with Gasteiger partial charge in [0, 0.05) is 24.6 Å². The van der Waals surface area contributed by atoms with Gasteiger partial charge in [-0.3, -0.25) is 0 Å². The Morgan fingerprint density at radius 2 is 1.71 bits per heavy atom. The number of anilines is 2. The van der Waals surface area contributed by atoms with Gasteiger partial charge in [0.1, 0.15) is 17.5 Å². The van der Waals surface area contributed by atoms with Crippen molar-refractivity contribution in [3.8, 4) is 0 Å². The molecule has 0 aromatic carbocycles. The number of hydrogen-bond donors (Lipinski definition) is 2. The fraction of sp³-hybridized carbons (Fsp3) is 0.765. The standard InChI is InChI=1S/C17H30N4/c1-6-10-18-15-13(5)16(21-14(20-15)12(3)4)19-11-17(7-2)8-9-17/h12H,6-11H2,1-5H3,(H2,18,19,20,21). The van der Waals surface area contributed by atoms with E-state index < -0.39 is 0 Å². The Morgan fingerprint density at radius 3 is 2.19 bits per heavy atom. The zero-order valence-corrected chi connectivity index (χ0v) is 14.2. The molecule has 21 heavy (non-hydrogen) atoms. The van der Waals surface area contributed by atoms with Crippen molar-refractivity contribution in [2.75, 3.05) is 23.7 Å². The van der Waals surface area contributed by atoms with E-state index in [0.29, 0.717) is 11.3 Å². The fourth-order valence-corrected chi connectivity index (χ4v) is 2.48. The highest BCUT2D eigenvalue weighted by Crippen LogP contribution is 2.48. The van der Waals surface area contributed by atoms with Gasteiger partial charge in [0.2, 0.25) is 0 Å². The molecule has 0 spiro atoms. The third-order valence-electron chi connectivity index (χ3n) is 4.56. The first-order valence-corrected chi connectivity index (χ1v) is 8.37. The van der Waals surface area contributed by atoms with E-state index in [9.17, 15) is 0 Å². The van der Waals surface area contributed by atoms with Gasteiger partial charge in [-0.25, -0.2) is 9.97 Å². The van der Waals surface area contributed by atoms with Crippen molar-refractivity contribution in [2.24, 2.45) is 5.41 Å². The third kappa shape index (κ3) is 3.86. The maximum atomic E-state index is 4.74. The maximum absolute atomic E-state index is 4.74. The minimum absolute atomic E-state index is 0.342. The molecule has 0 bridgehead atoms. The maximum Gasteiger partial charge on any atom is 0.135 e. The molecule has 4 heteroatoms. The van der Waals surface area contributed by atoms with Crippen molar-refractivity contribution < 1.29 is 0 Å². The van der Waals surface area contributed by atoms with Crippen LogP contribution in [0, 0.1) is 12.3 Å². The first-order valence-electron chi connectivity index (χ1n) is 8.37. The predicted molar refractivity (Wildman–Crippen MR) is 90.1 cm³/mol. The van der Waals surface area contributed by atoms with Crippen LogP contribution in [-0.2, 0) is 0 Å². The second-order valence-electron chi connectivity index (χ2n) is 6.69. The molecule has 118 valence electrons. The van der Waals surface area contributed by atoms with E-state index in [0.717, 1.165) is 42.5 Å². The molecular formula is C17H30N4. The first kappa shape index (κ1) is 16.1. The lowest BCUT2D eigenvalue weighted by Crippen LogP contribution is -2.18. The quantitative estimate of drug-likeness (QED) is 0.748. The van der Waals surface area contributed by atoms with Gasteiger partial charge >= 0.3 is 0 Å². The van der Waals surface area contributed by atoms with Crippen molar-refractivity contribution in [3.05, 3.63) is 11.4 Å². The lowest BCUT2D eigenvalue weighted by molar-refractivity contribution is 0.520. The van der Waals surface area contributed by atoms with Gasteiger partial charge in [0.15, 0.2) is 0 Å². The monoisotopic (exact) mass is 290 g/mol. The van der Waals surface area contributed by atoms with Crippen molar-refractivity contribution >= 4 is 11.6 Å². The van der Waals surface area contributed by atoms with Crippen LogP contribution in [0.2, 0.25) is 0 Å². The molecule has 1 fully saturated rings. The number of rotatable bonds is 8. The molecule has 2 N–H and O–H groups in total. The zero-order valence-electron chi connectivity index (χ0n) is 14.2. The molecule has 0 aliphatic heterocycles. The fourth-order valence-electron chi connectivity index (χ4n) is 2.48. The number of hydrogen-bond acceptors (Lipinski definition) is 4. The summed E-state index contributed by atoms with van der Waals surface area (Å²) in [5, 5.41) is 7.02. The average molecular weight is 290 g/mol. The highest BCUT2D eigenvalue weighted by molar-refractivity contribution is 5.57. The van der Waals surface area contributed by atoms with Crippen LogP contribution in [0.25, 0.3) is 0 Å². The molecule has 1 saturated carbocycles. The van der Waals surface area contributed by atoms with Gasteiger partial charge in [-0.05, 0) is 38.0 Å². The van der Waals surface area contributed by atoms with Crippen molar-refractivity contribution in [1.82, 2.24) is 9.97 Å². The molecule has 1 heterocycles. The second kappa shape index (κ2) is 6.63. The normalized spacial score (nSPS) is 16.1. The molecule has 0 amide bonds. The Hall–Kier alpha value is -1.32. The Balaban J connectivity index is 2.19. The summed E-state index contributed by atoms with van der Waals surface area (Å²) in [5.41, 5.74) is 1.66. The average Bonchev–Trinajstić information content (AvgIpc) is 3.25. The predicted octanol–water partition coefficient (Wildman–Crippen LogP) is 4.33. The van der Waals surface area contributed by atoms with Crippen LogP contribution in [0.3, 0.4) is 0 Å². The van der Waals surface area contributed by atoms with Crippen LogP contribution in [0.15, 0.2) is 0 Å². The smallest absolute Gasteiger partial charge is 0.135 e. The van der Waals surface area contributed by atoms with Crippen LogP contribution in [-0.4, -0.2) is 23.1 Å². The summed E-state index contributed by atoms with van der Waals surface area (Å²) < 4.78 is 0. The van der Waals surface area contributed by atoms with Crippen LogP contribution in [0.4, 0.5) is 11.6 Å². The lowest BCUT2D eigenvalue weighted by Gasteiger charge is -2.19. The number of nitrogens with one attached hydrogen (secondary N) is 2. The molecule has 1 aliphatic carbocycles. The minimum Gasteiger partial charge on any atom is -0.370 e. The Bertz CT molecular complexity index is 478. The van der Waals surface area contributed by atoms with Gasteiger partial charge in [0.05, 0.1) is 0 Å². The van der Waals surface area contributed by atoms with Crippen LogP contribution >= 0.6 is 0 Å². The summed E-state index contributed by atoms with van der Waals surface area (Å²) in [7, 11) is 0. The molecule has 1 aromatic heterocycles. The van der Waals surface area contributed by atoms with Crippen molar-refractivity contribution in [3.63, 3.8) is 0 Å². The van der Waals surface area contributed by atoms with E-state index >= 15 is 0 Å². The summed E-state index contributed by atoms with van der Waals surface area (Å²) in [6.07, 6.45) is 5.04. The summed E-state index contributed by atoms with van der Waals surface area (Å²) in [6.45, 7) is 12.8. The SMILES string of the molecule is CCCNc1nc(C(C)C)nc(NCC2(CC)CC2)c1C. The molecule has 0 atom stereocenters. The third-order valence-corrected chi connectivity index (χ3v) is 4.56. The summed E-state index contributed by atoms with van der Waals surface area (Å²) in [5.74, 6) is 3.25. The highest BCUT2D eigenvalue weighted by atomic mass is 15.1. The van der Waals surface area contributed by atoms with Crippen molar-refractivity contribution in [2.45, 2.75) is 66.2 Å². The molecule has 4 nitrogen and oxygen atoms in total. The topological polar surface area (TPSA) is 49.8 Å². The van der Waals surface area contributed by atoms with Crippen LogP contribution in [0.1, 0.15) is 70.7 Å². The van der Waals surface area contributed by atoms with E-state index in [4.69, 9.17) is 4.98 Å². The summed E-state index contributed by atoms with van der Waals surface area (Å²) in [6, 6.07) is 0. The molecule has 1 aromatic rings. The lowest BCUT2D eigenvalue weighted by atomic mass is 10.0. The molecule has 0 unspecified atom stereocenters. The van der Waals surface area contributed by atoms with Gasteiger partial charge in [-0.15, -0.1) is 0 Å². The number of aromatic nitrogens is 2. The van der Waals surface area contributed by atoms with Crippen molar-refractivity contribution in [1.29, 1.82) is 0 Å². The van der Waals surface area contributed by atoms with Crippen LogP contribution < -0.4 is 10.6 Å². The minimum atomic E-state index is 0.342. The van der Waals surface area contributed by atoms with E-state index in [1.165, 1.54) is 19.3 Å². The van der Waals surface area contributed by atoms with Gasteiger partial charge in [-0.2, -0.15) is 0 Å². The van der Waals surface area contributed by atoms with Crippen LogP contribution in [0.5, 0.6) is 0 Å². The van der Waals surface area contributed by atoms with Gasteiger partial charge in [-0.1, -0.05) is 27.7 Å². The Labute approximate surface area is 129 Å². The molecule has 1 aliphatic rings. The van der Waals surface area contributed by atoms with Gasteiger partial charge < -0.3 is 10.6 Å². The van der Waals surface area contributed by atoms with E-state index in [-0.39, 0.29) is 0 Å². The molecular weight excluding hydrogens is 260 g/mol. The summed E-state index contributed by atoms with van der Waals surface area (Å²) >= 11 is 0. The highest BCUT2D eigenvalue weighted by Gasteiger charge is 2.40. The van der Waals surface area contributed by atoms with E-state index in [1.807, 2.05) is 0 Å². The Morgan fingerprint density at radius 1 is 1.10 bits per heavy atom. The van der Waals surface area contributed by atoms with E-state index in [1.54, 1.807) is 0 Å². The van der Waals surface area contributed by atoms with Gasteiger partial charge in [0.25, 0.3) is 0 Å². The second-order valence-corrected chi connectivity index (χ2v) is 6.69. The van der Waals surface area contributed by atoms with E-state index in [2.05, 4.69) is 50.2 Å². The molecule has 0 radical (unpaired) electrons. The zero-order chi connectivity index (χ0) is 15.5. The Kier molecular flexibility index (Phi) is 5.07.